The average molecular weight is 237 g/mol. The summed E-state index contributed by atoms with van der Waals surface area (Å²) >= 11 is 0. The summed E-state index contributed by atoms with van der Waals surface area (Å²) in [5.41, 5.74) is 0.517. The number of rotatable bonds is 3. The van der Waals surface area contributed by atoms with Gasteiger partial charge in [-0.2, -0.15) is 0 Å². The first-order valence-electron chi connectivity index (χ1n) is 5.88. The molecule has 92 valence electrons. The number of halogens is 1. The van der Waals surface area contributed by atoms with E-state index in [1.807, 2.05) is 0 Å². The lowest BCUT2D eigenvalue weighted by Gasteiger charge is -2.28. The Morgan fingerprint density at radius 2 is 2.24 bits per heavy atom. The van der Waals surface area contributed by atoms with Crippen LogP contribution in [0.2, 0.25) is 0 Å². The first-order valence-corrected chi connectivity index (χ1v) is 5.88. The highest BCUT2D eigenvalue weighted by atomic mass is 19.1. The Morgan fingerprint density at radius 3 is 2.94 bits per heavy atom. The molecule has 0 bridgehead atoms. The van der Waals surface area contributed by atoms with Crippen LogP contribution in [-0.4, -0.2) is 29.0 Å². The lowest BCUT2D eigenvalue weighted by atomic mass is 10.1. The molecule has 1 amide bonds. The van der Waals surface area contributed by atoms with E-state index < -0.39 is 6.10 Å². The van der Waals surface area contributed by atoms with Crippen molar-refractivity contribution in [3.05, 3.63) is 35.6 Å². The molecule has 4 heteroatoms. The minimum absolute atomic E-state index is 0.0757. The van der Waals surface area contributed by atoms with Gasteiger partial charge < -0.3 is 10.0 Å². The Balaban J connectivity index is 2.00. The molecular weight excluding hydrogens is 221 g/mol. The number of aliphatic hydroxyl groups excluding tert-OH is 1. The van der Waals surface area contributed by atoms with Crippen molar-refractivity contribution >= 4 is 5.91 Å². The van der Waals surface area contributed by atoms with E-state index in [9.17, 15) is 14.3 Å². The van der Waals surface area contributed by atoms with Crippen LogP contribution in [0.4, 0.5) is 4.39 Å². The number of likely N-dealkylation sites (tertiary alicyclic amines) is 1. The molecule has 17 heavy (non-hydrogen) atoms. The predicted octanol–water partition coefficient (Wildman–Crippen LogP) is 1.87. The third-order valence-corrected chi connectivity index (χ3v) is 3.05. The van der Waals surface area contributed by atoms with Crippen LogP contribution in [0, 0.1) is 5.82 Å². The van der Waals surface area contributed by atoms with E-state index in [-0.39, 0.29) is 18.3 Å². The maximum absolute atomic E-state index is 13.0. The number of piperidine rings is 1. The minimum Gasteiger partial charge on any atom is -0.387 e. The van der Waals surface area contributed by atoms with Gasteiger partial charge in [0, 0.05) is 13.0 Å². The van der Waals surface area contributed by atoms with Crippen LogP contribution in [0.3, 0.4) is 0 Å². The van der Waals surface area contributed by atoms with Gasteiger partial charge in [0.05, 0.1) is 12.6 Å². The molecule has 0 aliphatic carbocycles. The van der Waals surface area contributed by atoms with E-state index >= 15 is 0 Å². The van der Waals surface area contributed by atoms with Gasteiger partial charge in [0.15, 0.2) is 0 Å². The number of benzene rings is 1. The lowest BCUT2D eigenvalue weighted by molar-refractivity contribution is -0.134. The van der Waals surface area contributed by atoms with Crippen LogP contribution in [0.25, 0.3) is 0 Å². The Bertz CT molecular complexity index is 408. The molecule has 3 nitrogen and oxygen atoms in total. The molecule has 1 aliphatic rings. The Labute approximate surface area is 99.9 Å². The second-order valence-electron chi connectivity index (χ2n) is 4.37. The highest BCUT2D eigenvalue weighted by molar-refractivity contribution is 5.76. The molecule has 1 unspecified atom stereocenters. The zero-order valence-electron chi connectivity index (χ0n) is 9.60. The molecule has 1 fully saturated rings. The van der Waals surface area contributed by atoms with Crippen LogP contribution in [-0.2, 0) is 4.79 Å². The Hall–Kier alpha value is -1.42. The van der Waals surface area contributed by atoms with Gasteiger partial charge in [-0.1, -0.05) is 12.1 Å². The summed E-state index contributed by atoms with van der Waals surface area (Å²) in [6, 6.07) is 5.87. The second-order valence-corrected chi connectivity index (χ2v) is 4.37. The third-order valence-electron chi connectivity index (χ3n) is 3.05. The summed E-state index contributed by atoms with van der Waals surface area (Å²) in [5, 5.41) is 9.95. The van der Waals surface area contributed by atoms with E-state index in [2.05, 4.69) is 0 Å². The number of carbonyl (C=O) groups is 1. The van der Waals surface area contributed by atoms with Crippen LogP contribution in [0.5, 0.6) is 0 Å². The summed E-state index contributed by atoms with van der Waals surface area (Å²) < 4.78 is 13.0. The van der Waals surface area contributed by atoms with Crippen molar-refractivity contribution in [2.24, 2.45) is 0 Å². The second kappa shape index (κ2) is 5.27. The number of β-amino-alcohol motifs (C(OH)–C–C–N with tert-alkyl or cyclic N) is 1. The SMILES string of the molecule is O=C1CCCCN1CC(O)c1cccc(F)c1. The molecule has 0 aromatic heterocycles. The molecular formula is C13H16FNO2. The summed E-state index contributed by atoms with van der Waals surface area (Å²) in [5.74, 6) is -0.293. The Morgan fingerprint density at radius 1 is 1.41 bits per heavy atom. The fourth-order valence-corrected chi connectivity index (χ4v) is 2.08. The molecule has 2 rings (SSSR count). The molecule has 1 N–H and O–H groups in total. The molecule has 0 spiro atoms. The molecule has 1 saturated heterocycles. The van der Waals surface area contributed by atoms with Gasteiger partial charge in [0.25, 0.3) is 0 Å². The number of amides is 1. The highest BCUT2D eigenvalue weighted by Gasteiger charge is 2.21. The van der Waals surface area contributed by atoms with Crippen molar-refractivity contribution in [2.75, 3.05) is 13.1 Å². The van der Waals surface area contributed by atoms with E-state index in [0.29, 0.717) is 18.5 Å². The largest absolute Gasteiger partial charge is 0.387 e. The quantitative estimate of drug-likeness (QED) is 0.871. The standard InChI is InChI=1S/C13H16FNO2/c14-11-5-3-4-10(8-11)12(16)9-15-7-2-1-6-13(15)17/h3-5,8,12,16H,1-2,6-7,9H2. The summed E-state index contributed by atoms with van der Waals surface area (Å²) in [6.45, 7) is 0.938. The monoisotopic (exact) mass is 237 g/mol. The minimum atomic E-state index is -0.812. The van der Waals surface area contributed by atoms with Crippen molar-refractivity contribution < 1.29 is 14.3 Å². The van der Waals surface area contributed by atoms with Crippen molar-refractivity contribution in [3.8, 4) is 0 Å². The summed E-state index contributed by atoms with van der Waals surface area (Å²) in [4.78, 5) is 13.2. The highest BCUT2D eigenvalue weighted by Crippen LogP contribution is 2.18. The van der Waals surface area contributed by atoms with E-state index in [4.69, 9.17) is 0 Å². The average Bonchev–Trinajstić information content (AvgIpc) is 2.32. The number of hydrogen-bond donors (Lipinski definition) is 1. The van der Waals surface area contributed by atoms with Crippen molar-refractivity contribution in [3.63, 3.8) is 0 Å². The molecule has 1 heterocycles. The number of aliphatic hydroxyl groups is 1. The van der Waals surface area contributed by atoms with Crippen molar-refractivity contribution in [1.29, 1.82) is 0 Å². The molecule has 1 aliphatic heterocycles. The van der Waals surface area contributed by atoms with Gasteiger partial charge in [0.1, 0.15) is 5.82 Å². The predicted molar refractivity (Wildman–Crippen MR) is 61.8 cm³/mol. The van der Waals surface area contributed by atoms with Crippen LogP contribution < -0.4 is 0 Å². The molecule has 1 aromatic carbocycles. The van der Waals surface area contributed by atoms with E-state index in [1.54, 1.807) is 17.0 Å². The number of hydrogen-bond acceptors (Lipinski definition) is 2. The fourth-order valence-electron chi connectivity index (χ4n) is 2.08. The van der Waals surface area contributed by atoms with E-state index in [0.717, 1.165) is 12.8 Å². The van der Waals surface area contributed by atoms with Crippen LogP contribution >= 0.6 is 0 Å². The van der Waals surface area contributed by atoms with Gasteiger partial charge in [-0.25, -0.2) is 4.39 Å². The van der Waals surface area contributed by atoms with Gasteiger partial charge in [-0.05, 0) is 30.5 Å². The molecule has 0 saturated carbocycles. The maximum atomic E-state index is 13.0. The third kappa shape index (κ3) is 3.03. The summed E-state index contributed by atoms with van der Waals surface area (Å²) in [6.07, 6.45) is 1.64. The maximum Gasteiger partial charge on any atom is 0.222 e. The Kier molecular flexibility index (Phi) is 3.74. The van der Waals surface area contributed by atoms with E-state index in [1.165, 1.54) is 12.1 Å². The molecule has 0 radical (unpaired) electrons. The van der Waals surface area contributed by atoms with Crippen LogP contribution in [0.1, 0.15) is 30.9 Å². The van der Waals surface area contributed by atoms with Crippen molar-refractivity contribution in [2.45, 2.75) is 25.4 Å². The first-order chi connectivity index (χ1) is 8.16. The zero-order valence-corrected chi connectivity index (χ0v) is 9.60. The zero-order chi connectivity index (χ0) is 12.3. The topological polar surface area (TPSA) is 40.5 Å². The van der Waals surface area contributed by atoms with Crippen molar-refractivity contribution in [1.82, 2.24) is 4.90 Å². The normalized spacial score (nSPS) is 18.2. The molecule has 1 aromatic rings. The number of carbonyl (C=O) groups excluding carboxylic acids is 1. The van der Waals surface area contributed by atoms with Gasteiger partial charge >= 0.3 is 0 Å². The van der Waals surface area contributed by atoms with Gasteiger partial charge in [-0.15, -0.1) is 0 Å². The fraction of sp³-hybridized carbons (Fsp3) is 0.462. The first kappa shape index (κ1) is 12.0. The van der Waals surface area contributed by atoms with Gasteiger partial charge in [0.2, 0.25) is 5.91 Å². The smallest absolute Gasteiger partial charge is 0.222 e. The lowest BCUT2D eigenvalue weighted by Crippen LogP contribution is -2.38. The molecule has 1 atom stereocenters. The van der Waals surface area contributed by atoms with Crippen LogP contribution in [0.15, 0.2) is 24.3 Å². The number of nitrogens with zero attached hydrogens (tertiary/aromatic N) is 1. The van der Waals surface area contributed by atoms with Gasteiger partial charge in [-0.3, -0.25) is 4.79 Å². The summed E-state index contributed by atoms with van der Waals surface area (Å²) in [7, 11) is 0.